The molecule has 0 heterocycles. The zero-order valence-electron chi connectivity index (χ0n) is 26.1. The predicted octanol–water partition coefficient (Wildman–Crippen LogP) is 6.56. The summed E-state index contributed by atoms with van der Waals surface area (Å²) in [7, 11) is -4.19. The lowest BCUT2D eigenvalue weighted by Crippen LogP contribution is -2.53. The Morgan fingerprint density at radius 3 is 2.09 bits per heavy atom. The number of hydrogen-bond donors (Lipinski definition) is 1. The summed E-state index contributed by atoms with van der Waals surface area (Å²) < 4.78 is 29.3. The van der Waals surface area contributed by atoms with Crippen LogP contribution in [0.2, 0.25) is 5.02 Å². The molecule has 0 aromatic heterocycles. The summed E-state index contributed by atoms with van der Waals surface area (Å²) in [5.41, 5.74) is 3.95. The molecule has 4 aromatic rings. The number of carbonyl (C=O) groups is 2. The average Bonchev–Trinajstić information content (AvgIpc) is 3.01. The molecule has 0 spiro atoms. The Kier molecular flexibility index (Phi) is 11.4. The van der Waals surface area contributed by atoms with Crippen molar-refractivity contribution in [1.29, 1.82) is 0 Å². The van der Waals surface area contributed by atoms with Gasteiger partial charge in [-0.2, -0.15) is 0 Å². The minimum atomic E-state index is -4.19. The molecule has 0 aliphatic carbocycles. The van der Waals surface area contributed by atoms with Crippen LogP contribution in [0.4, 0.5) is 5.69 Å². The van der Waals surface area contributed by atoms with Crippen molar-refractivity contribution in [2.75, 3.05) is 17.4 Å². The molecule has 236 valence electrons. The second kappa shape index (κ2) is 15.2. The fraction of sp³-hybridized carbons (Fsp3) is 0.278. The summed E-state index contributed by atoms with van der Waals surface area (Å²) in [5, 5.41) is 3.41. The van der Waals surface area contributed by atoms with E-state index in [4.69, 9.17) is 11.6 Å². The van der Waals surface area contributed by atoms with Crippen LogP contribution < -0.4 is 9.62 Å². The summed E-state index contributed by atoms with van der Waals surface area (Å²) in [6.45, 7) is 7.89. The van der Waals surface area contributed by atoms with Gasteiger partial charge in [0.1, 0.15) is 12.6 Å². The molecule has 4 rings (SSSR count). The van der Waals surface area contributed by atoms with E-state index < -0.39 is 28.5 Å². The summed E-state index contributed by atoms with van der Waals surface area (Å²) in [6, 6.07) is 29.2. The third-order valence-corrected chi connectivity index (χ3v) is 9.44. The van der Waals surface area contributed by atoms with E-state index in [1.165, 1.54) is 29.2 Å². The van der Waals surface area contributed by atoms with E-state index in [9.17, 15) is 18.0 Å². The van der Waals surface area contributed by atoms with Gasteiger partial charge in [0.05, 0.1) is 10.6 Å². The molecule has 0 aliphatic rings. The van der Waals surface area contributed by atoms with Crippen molar-refractivity contribution in [3.63, 3.8) is 0 Å². The van der Waals surface area contributed by atoms with Crippen molar-refractivity contribution in [3.8, 4) is 0 Å². The molecule has 2 amide bonds. The number of nitrogens with zero attached hydrogens (tertiary/aromatic N) is 2. The van der Waals surface area contributed by atoms with E-state index in [1.54, 1.807) is 18.2 Å². The molecule has 0 unspecified atom stereocenters. The largest absolute Gasteiger partial charge is 0.354 e. The van der Waals surface area contributed by atoms with Crippen LogP contribution in [0.15, 0.2) is 108 Å². The second-order valence-electron chi connectivity index (χ2n) is 11.7. The SMILES string of the molecule is Cc1ccc(CN(C(=O)CN(c2cccc(C)c2)S(=O)(=O)c2ccc(Cl)cc2)[C@H](Cc2ccccc2)C(=O)NCC(C)C)cc1. The third kappa shape index (κ3) is 9.19. The lowest BCUT2D eigenvalue weighted by atomic mass is 10.0. The van der Waals surface area contributed by atoms with Gasteiger partial charge in [-0.1, -0.05) is 97.7 Å². The molecule has 9 heteroatoms. The Morgan fingerprint density at radius 2 is 1.47 bits per heavy atom. The number of sulfonamides is 1. The molecule has 45 heavy (non-hydrogen) atoms. The molecule has 0 saturated carbocycles. The first-order chi connectivity index (χ1) is 21.4. The molecular weight excluding hydrogens is 606 g/mol. The fourth-order valence-electron chi connectivity index (χ4n) is 4.91. The quantitative estimate of drug-likeness (QED) is 0.178. The third-order valence-electron chi connectivity index (χ3n) is 7.40. The Bertz CT molecular complexity index is 1690. The van der Waals surface area contributed by atoms with Crippen molar-refractivity contribution >= 4 is 39.1 Å². The van der Waals surface area contributed by atoms with Crippen LogP contribution in [-0.4, -0.2) is 44.3 Å². The molecule has 0 bridgehead atoms. The smallest absolute Gasteiger partial charge is 0.264 e. The van der Waals surface area contributed by atoms with Crippen molar-refractivity contribution in [2.24, 2.45) is 5.92 Å². The average molecular weight is 646 g/mol. The Morgan fingerprint density at radius 1 is 0.800 bits per heavy atom. The molecule has 0 saturated heterocycles. The number of halogens is 1. The topological polar surface area (TPSA) is 86.8 Å². The normalized spacial score (nSPS) is 12.0. The molecule has 7 nitrogen and oxygen atoms in total. The van der Waals surface area contributed by atoms with Gasteiger partial charge in [-0.15, -0.1) is 0 Å². The van der Waals surface area contributed by atoms with Crippen molar-refractivity contribution in [1.82, 2.24) is 10.2 Å². The maximum Gasteiger partial charge on any atom is 0.264 e. The first kappa shape index (κ1) is 33.7. The highest BCUT2D eigenvalue weighted by Gasteiger charge is 2.34. The highest BCUT2D eigenvalue weighted by molar-refractivity contribution is 7.92. The number of nitrogens with one attached hydrogen (secondary N) is 1. The van der Waals surface area contributed by atoms with Crippen LogP contribution in [-0.2, 0) is 32.6 Å². The second-order valence-corrected chi connectivity index (χ2v) is 14.0. The van der Waals surface area contributed by atoms with Crippen LogP contribution in [0.1, 0.15) is 36.1 Å². The van der Waals surface area contributed by atoms with E-state index in [0.29, 0.717) is 17.3 Å². The maximum atomic E-state index is 14.5. The van der Waals surface area contributed by atoms with Crippen LogP contribution >= 0.6 is 11.6 Å². The highest BCUT2D eigenvalue weighted by Crippen LogP contribution is 2.27. The Balaban J connectivity index is 1.79. The molecule has 0 aliphatic heterocycles. The lowest BCUT2D eigenvalue weighted by Gasteiger charge is -2.34. The summed E-state index contributed by atoms with van der Waals surface area (Å²) in [6.07, 6.45) is 0.261. The van der Waals surface area contributed by atoms with Crippen molar-refractivity contribution in [2.45, 2.75) is 51.6 Å². The van der Waals surface area contributed by atoms with Crippen molar-refractivity contribution < 1.29 is 18.0 Å². The molecule has 0 radical (unpaired) electrons. The summed E-state index contributed by atoms with van der Waals surface area (Å²) >= 11 is 6.06. The van der Waals surface area contributed by atoms with Gasteiger partial charge >= 0.3 is 0 Å². The summed E-state index contributed by atoms with van der Waals surface area (Å²) in [4.78, 5) is 29.9. The van der Waals surface area contributed by atoms with Gasteiger partial charge in [-0.25, -0.2) is 8.42 Å². The zero-order chi connectivity index (χ0) is 32.6. The van der Waals surface area contributed by atoms with Gasteiger partial charge in [0.2, 0.25) is 11.8 Å². The van der Waals surface area contributed by atoms with Gasteiger partial charge in [0.15, 0.2) is 0 Å². The maximum absolute atomic E-state index is 14.5. The van der Waals surface area contributed by atoms with Crippen molar-refractivity contribution in [3.05, 3.63) is 130 Å². The van der Waals surface area contributed by atoms with Crippen LogP contribution in [0.5, 0.6) is 0 Å². The van der Waals surface area contributed by atoms with Gasteiger partial charge in [0.25, 0.3) is 10.0 Å². The zero-order valence-corrected chi connectivity index (χ0v) is 27.7. The number of rotatable bonds is 13. The van der Waals surface area contributed by atoms with Gasteiger partial charge in [-0.3, -0.25) is 13.9 Å². The Labute approximate surface area is 271 Å². The summed E-state index contributed by atoms with van der Waals surface area (Å²) in [5.74, 6) is -0.597. The minimum absolute atomic E-state index is 0.00167. The highest BCUT2D eigenvalue weighted by atomic mass is 35.5. The number of anilines is 1. The van der Waals surface area contributed by atoms with E-state index >= 15 is 0 Å². The molecule has 4 aromatic carbocycles. The van der Waals surface area contributed by atoms with Crippen LogP contribution in [0, 0.1) is 19.8 Å². The van der Waals surface area contributed by atoms with E-state index in [2.05, 4.69) is 5.32 Å². The van der Waals surface area contributed by atoms with E-state index in [0.717, 1.165) is 26.6 Å². The lowest BCUT2D eigenvalue weighted by molar-refractivity contribution is -0.140. The Hall–Kier alpha value is -4.14. The molecule has 1 N–H and O–H groups in total. The van der Waals surface area contributed by atoms with Crippen LogP contribution in [0.25, 0.3) is 0 Å². The minimum Gasteiger partial charge on any atom is -0.354 e. The van der Waals surface area contributed by atoms with Gasteiger partial charge < -0.3 is 10.2 Å². The first-order valence-corrected chi connectivity index (χ1v) is 16.8. The fourth-order valence-corrected chi connectivity index (χ4v) is 6.44. The first-order valence-electron chi connectivity index (χ1n) is 15.0. The number of benzene rings is 4. The van der Waals surface area contributed by atoms with Crippen LogP contribution in [0.3, 0.4) is 0 Å². The molecular formula is C36H40ClN3O4S. The molecule has 1 atom stereocenters. The number of aryl methyl sites for hydroxylation is 2. The predicted molar refractivity (Wildman–Crippen MR) is 181 cm³/mol. The number of amides is 2. The monoisotopic (exact) mass is 645 g/mol. The number of carbonyl (C=O) groups excluding carboxylic acids is 2. The van der Waals surface area contributed by atoms with Gasteiger partial charge in [-0.05, 0) is 72.9 Å². The number of hydrogen-bond acceptors (Lipinski definition) is 4. The molecule has 0 fully saturated rings. The standard InChI is InChI=1S/C36H40ClN3O4S/c1-26(2)23-38-36(42)34(22-29-10-6-5-7-11-29)39(24-30-15-13-27(3)14-16-30)35(41)25-40(32-12-8-9-28(4)21-32)45(43,44)33-19-17-31(37)18-20-33/h5-21,26,34H,22-25H2,1-4H3,(H,38,42)/t34-/m1/s1. The van der Waals surface area contributed by atoms with E-state index in [-0.39, 0.29) is 29.7 Å². The van der Waals surface area contributed by atoms with E-state index in [1.807, 2.05) is 88.4 Å². The van der Waals surface area contributed by atoms with Gasteiger partial charge in [0, 0.05) is 24.5 Å².